The zero-order valence-electron chi connectivity index (χ0n) is 17.5. The van der Waals surface area contributed by atoms with Crippen molar-refractivity contribution in [2.24, 2.45) is 0 Å². The highest BCUT2D eigenvalue weighted by molar-refractivity contribution is 5.92. The van der Waals surface area contributed by atoms with Crippen LogP contribution in [0.2, 0.25) is 0 Å². The molecule has 2 heterocycles. The van der Waals surface area contributed by atoms with E-state index in [0.717, 1.165) is 22.4 Å². The molecule has 0 fully saturated rings. The van der Waals surface area contributed by atoms with Gasteiger partial charge in [-0.3, -0.25) is 14.9 Å². The third-order valence-corrected chi connectivity index (χ3v) is 5.22. The molecule has 0 radical (unpaired) electrons. The minimum Gasteiger partial charge on any atom is -0.493 e. The van der Waals surface area contributed by atoms with E-state index < -0.39 is 0 Å². The number of aryl methyl sites for hydroxylation is 2. The van der Waals surface area contributed by atoms with Crippen molar-refractivity contribution in [1.29, 1.82) is 0 Å². The molecule has 0 aliphatic carbocycles. The fraction of sp³-hybridized carbons (Fsp3) is 0.273. The number of methoxy groups -OCH3 is 1. The largest absolute Gasteiger partial charge is 0.493 e. The van der Waals surface area contributed by atoms with Crippen molar-refractivity contribution in [3.63, 3.8) is 0 Å². The highest BCUT2D eigenvalue weighted by Crippen LogP contribution is 2.34. The molecule has 0 saturated heterocycles. The molecule has 4 rings (SSSR count). The summed E-state index contributed by atoms with van der Waals surface area (Å²) < 4.78 is 12.8. The lowest BCUT2D eigenvalue weighted by Gasteiger charge is -2.24. The Labute approximate surface area is 179 Å². The van der Waals surface area contributed by atoms with E-state index in [-0.39, 0.29) is 30.9 Å². The third-order valence-electron chi connectivity index (χ3n) is 5.22. The van der Waals surface area contributed by atoms with Gasteiger partial charge >= 0.3 is 0 Å². The summed E-state index contributed by atoms with van der Waals surface area (Å²) in [5, 5.41) is 9.72. The van der Waals surface area contributed by atoms with Crippen LogP contribution in [-0.4, -0.2) is 40.3 Å². The summed E-state index contributed by atoms with van der Waals surface area (Å²) in [5.41, 5.74) is 3.80. The van der Waals surface area contributed by atoms with E-state index in [4.69, 9.17) is 9.47 Å². The molecule has 0 spiro atoms. The summed E-state index contributed by atoms with van der Waals surface area (Å²) in [7, 11) is 1.52. The molecule has 0 unspecified atom stereocenters. The second-order valence-corrected chi connectivity index (χ2v) is 7.34. The van der Waals surface area contributed by atoms with Gasteiger partial charge in [-0.1, -0.05) is 12.1 Å². The molecule has 9 nitrogen and oxygen atoms in total. The van der Waals surface area contributed by atoms with Gasteiger partial charge in [0.05, 0.1) is 19.6 Å². The molecular formula is C22H23N5O4. The van der Waals surface area contributed by atoms with Crippen LogP contribution in [0, 0.1) is 13.8 Å². The predicted octanol–water partition coefficient (Wildman–Crippen LogP) is 2.85. The van der Waals surface area contributed by atoms with Crippen molar-refractivity contribution < 1.29 is 19.1 Å². The Balaban J connectivity index is 1.46. The van der Waals surface area contributed by atoms with Crippen LogP contribution in [0.25, 0.3) is 0 Å². The Morgan fingerprint density at radius 2 is 2.03 bits per heavy atom. The minimum atomic E-state index is -0.303. The predicted molar refractivity (Wildman–Crippen MR) is 114 cm³/mol. The minimum absolute atomic E-state index is 0.132. The maximum atomic E-state index is 12.3. The van der Waals surface area contributed by atoms with Gasteiger partial charge in [-0.25, -0.2) is 4.68 Å². The SMILES string of the molecule is COc1cc([C@H]2CC(=O)Nc3ncnn32)ccc1OCC(=O)Nc1ccc(C)c(C)c1. The summed E-state index contributed by atoms with van der Waals surface area (Å²) in [6, 6.07) is 10.8. The van der Waals surface area contributed by atoms with Gasteiger partial charge in [-0.2, -0.15) is 10.1 Å². The van der Waals surface area contributed by atoms with Crippen molar-refractivity contribution in [1.82, 2.24) is 14.8 Å². The summed E-state index contributed by atoms with van der Waals surface area (Å²) in [4.78, 5) is 28.4. The lowest BCUT2D eigenvalue weighted by Crippen LogP contribution is -2.29. The lowest BCUT2D eigenvalue weighted by molar-refractivity contribution is -0.118. The summed E-state index contributed by atoms with van der Waals surface area (Å²) in [6.07, 6.45) is 1.63. The van der Waals surface area contributed by atoms with Gasteiger partial charge in [0.1, 0.15) is 6.33 Å². The van der Waals surface area contributed by atoms with E-state index in [1.807, 2.05) is 38.1 Å². The van der Waals surface area contributed by atoms with Gasteiger partial charge in [-0.15, -0.1) is 0 Å². The summed E-state index contributed by atoms with van der Waals surface area (Å²) >= 11 is 0. The first-order valence-electron chi connectivity index (χ1n) is 9.82. The van der Waals surface area contributed by atoms with Crippen LogP contribution in [0.1, 0.15) is 29.2 Å². The maximum Gasteiger partial charge on any atom is 0.262 e. The lowest BCUT2D eigenvalue weighted by atomic mass is 10.0. The van der Waals surface area contributed by atoms with Crippen molar-refractivity contribution in [2.75, 3.05) is 24.4 Å². The number of carbonyl (C=O) groups is 2. The topological polar surface area (TPSA) is 107 Å². The number of carbonyl (C=O) groups excluding carboxylic acids is 2. The normalized spacial score (nSPS) is 15.1. The highest BCUT2D eigenvalue weighted by Gasteiger charge is 2.28. The molecule has 1 aliphatic heterocycles. The van der Waals surface area contributed by atoms with E-state index in [1.165, 1.54) is 13.4 Å². The first-order chi connectivity index (χ1) is 14.9. The van der Waals surface area contributed by atoms with Gasteiger partial charge < -0.3 is 14.8 Å². The Bertz CT molecular complexity index is 1140. The quantitative estimate of drug-likeness (QED) is 0.634. The first kappa shape index (κ1) is 20.4. The standard InChI is InChI=1S/C22H23N5O4/c1-13-4-6-16(8-14(13)2)25-21(29)11-31-18-7-5-15(9-19(18)30-3)17-10-20(28)26-22-23-12-24-27(17)22/h4-9,12,17H,10-11H2,1-3H3,(H,25,29)(H,23,24,26,28)/t17-/m1/s1. The first-order valence-corrected chi connectivity index (χ1v) is 9.82. The molecule has 160 valence electrons. The number of hydrogen-bond acceptors (Lipinski definition) is 6. The van der Waals surface area contributed by atoms with Crippen LogP contribution in [0.15, 0.2) is 42.7 Å². The Kier molecular flexibility index (Phi) is 5.57. The van der Waals surface area contributed by atoms with E-state index in [1.54, 1.807) is 16.8 Å². The van der Waals surface area contributed by atoms with Crippen LogP contribution in [0.5, 0.6) is 11.5 Å². The fourth-order valence-electron chi connectivity index (χ4n) is 3.43. The molecular weight excluding hydrogens is 398 g/mol. The number of nitrogens with one attached hydrogen (secondary N) is 2. The van der Waals surface area contributed by atoms with Crippen molar-refractivity contribution in [2.45, 2.75) is 26.3 Å². The number of aromatic nitrogens is 3. The number of benzene rings is 2. The molecule has 2 N–H and O–H groups in total. The molecule has 1 aliphatic rings. The molecule has 2 aromatic carbocycles. The van der Waals surface area contributed by atoms with Gasteiger partial charge in [0, 0.05) is 5.69 Å². The zero-order valence-corrected chi connectivity index (χ0v) is 17.5. The molecule has 0 bridgehead atoms. The monoisotopic (exact) mass is 421 g/mol. The van der Waals surface area contributed by atoms with Crippen LogP contribution in [0.3, 0.4) is 0 Å². The number of nitrogens with zero attached hydrogens (tertiary/aromatic N) is 3. The number of fused-ring (bicyclic) bond motifs is 1. The van der Waals surface area contributed by atoms with Crippen molar-refractivity contribution >= 4 is 23.5 Å². The van der Waals surface area contributed by atoms with E-state index in [9.17, 15) is 9.59 Å². The smallest absolute Gasteiger partial charge is 0.262 e. The van der Waals surface area contributed by atoms with Gasteiger partial charge in [0.2, 0.25) is 11.9 Å². The van der Waals surface area contributed by atoms with Gasteiger partial charge in [-0.05, 0) is 54.8 Å². The Hall–Kier alpha value is -3.88. The Morgan fingerprint density at radius 3 is 2.81 bits per heavy atom. The van der Waals surface area contributed by atoms with E-state index >= 15 is 0 Å². The van der Waals surface area contributed by atoms with Gasteiger partial charge in [0.25, 0.3) is 5.91 Å². The van der Waals surface area contributed by atoms with Gasteiger partial charge in [0.15, 0.2) is 18.1 Å². The molecule has 9 heteroatoms. The zero-order chi connectivity index (χ0) is 22.0. The molecule has 31 heavy (non-hydrogen) atoms. The second kappa shape index (κ2) is 8.47. The number of amides is 2. The van der Waals surface area contributed by atoms with Crippen LogP contribution >= 0.6 is 0 Å². The van der Waals surface area contributed by atoms with Crippen molar-refractivity contribution in [3.05, 3.63) is 59.4 Å². The molecule has 3 aromatic rings. The average Bonchev–Trinajstić information content (AvgIpc) is 3.22. The summed E-state index contributed by atoms with van der Waals surface area (Å²) in [6.45, 7) is 3.84. The van der Waals surface area contributed by atoms with E-state index in [2.05, 4.69) is 20.7 Å². The molecule has 1 atom stereocenters. The molecule has 0 saturated carbocycles. The van der Waals surface area contributed by atoms with Crippen LogP contribution in [0.4, 0.5) is 11.6 Å². The Morgan fingerprint density at radius 1 is 1.19 bits per heavy atom. The highest BCUT2D eigenvalue weighted by atomic mass is 16.5. The summed E-state index contributed by atoms with van der Waals surface area (Å²) in [5.74, 6) is 0.895. The van der Waals surface area contributed by atoms with Crippen LogP contribution < -0.4 is 20.1 Å². The fourth-order valence-corrected chi connectivity index (χ4v) is 3.43. The second-order valence-electron chi connectivity index (χ2n) is 7.34. The third kappa shape index (κ3) is 4.35. The number of rotatable bonds is 6. The number of ether oxygens (including phenoxy) is 2. The molecule has 1 aromatic heterocycles. The average molecular weight is 421 g/mol. The van der Waals surface area contributed by atoms with E-state index in [0.29, 0.717) is 17.4 Å². The van der Waals surface area contributed by atoms with Crippen molar-refractivity contribution in [3.8, 4) is 11.5 Å². The molecule has 2 amide bonds. The maximum absolute atomic E-state index is 12.3. The number of hydrogen-bond donors (Lipinski definition) is 2. The van der Waals surface area contributed by atoms with Crippen LogP contribution in [-0.2, 0) is 9.59 Å². The number of anilines is 2.